The standard InChI is InChI=1S/C14H22N6O2/c1-3-10(2)11(15)12(21)19-8-5-9-20(19)14(22)18-13-16-6-4-7-17-13/h4,6-7,10-11H,3,5,8-9,15H2,1-2H3,(H,16,17,18,22). The van der Waals surface area contributed by atoms with Gasteiger partial charge in [0.05, 0.1) is 6.04 Å². The Morgan fingerprint density at radius 2 is 1.95 bits per heavy atom. The summed E-state index contributed by atoms with van der Waals surface area (Å²) in [6.07, 6.45) is 4.61. The number of rotatable bonds is 4. The number of amides is 3. The number of hydrogen-bond donors (Lipinski definition) is 2. The van der Waals surface area contributed by atoms with Crippen LogP contribution in [0.3, 0.4) is 0 Å². The molecule has 3 amide bonds. The molecule has 2 heterocycles. The minimum Gasteiger partial charge on any atom is -0.320 e. The number of nitrogens with zero attached hydrogens (tertiary/aromatic N) is 4. The van der Waals surface area contributed by atoms with Crippen molar-refractivity contribution in [3.05, 3.63) is 18.5 Å². The van der Waals surface area contributed by atoms with Crippen molar-refractivity contribution in [1.29, 1.82) is 0 Å². The molecule has 0 aliphatic carbocycles. The van der Waals surface area contributed by atoms with E-state index in [1.165, 1.54) is 22.4 Å². The predicted molar refractivity (Wildman–Crippen MR) is 81.5 cm³/mol. The van der Waals surface area contributed by atoms with E-state index in [1.807, 2.05) is 13.8 Å². The first-order valence-corrected chi connectivity index (χ1v) is 7.47. The van der Waals surface area contributed by atoms with E-state index in [4.69, 9.17) is 5.73 Å². The fourth-order valence-electron chi connectivity index (χ4n) is 2.25. The molecule has 2 atom stereocenters. The number of urea groups is 1. The van der Waals surface area contributed by atoms with Gasteiger partial charge in [-0.3, -0.25) is 10.1 Å². The van der Waals surface area contributed by atoms with Crippen LogP contribution < -0.4 is 11.1 Å². The van der Waals surface area contributed by atoms with Crippen LogP contribution in [0.5, 0.6) is 0 Å². The number of anilines is 1. The Kier molecular flexibility index (Phi) is 5.26. The third-order valence-corrected chi connectivity index (χ3v) is 3.85. The van der Waals surface area contributed by atoms with E-state index in [0.29, 0.717) is 13.1 Å². The van der Waals surface area contributed by atoms with Crippen LogP contribution in [-0.2, 0) is 4.79 Å². The molecule has 8 heteroatoms. The third-order valence-electron chi connectivity index (χ3n) is 3.85. The summed E-state index contributed by atoms with van der Waals surface area (Å²) in [4.78, 5) is 32.6. The molecule has 1 aromatic heterocycles. The smallest absolute Gasteiger partial charge is 0.320 e. The van der Waals surface area contributed by atoms with E-state index in [2.05, 4.69) is 15.3 Å². The van der Waals surface area contributed by atoms with Gasteiger partial charge in [0.25, 0.3) is 5.91 Å². The largest absolute Gasteiger partial charge is 0.343 e. The molecule has 120 valence electrons. The highest BCUT2D eigenvalue weighted by molar-refractivity contribution is 5.91. The normalized spacial score (nSPS) is 17.2. The van der Waals surface area contributed by atoms with Gasteiger partial charge in [0.2, 0.25) is 5.95 Å². The summed E-state index contributed by atoms with van der Waals surface area (Å²) in [5.41, 5.74) is 5.99. The van der Waals surface area contributed by atoms with Crippen molar-refractivity contribution in [2.75, 3.05) is 18.4 Å². The zero-order valence-electron chi connectivity index (χ0n) is 12.9. The maximum atomic E-state index is 12.5. The van der Waals surface area contributed by atoms with E-state index >= 15 is 0 Å². The lowest BCUT2D eigenvalue weighted by molar-refractivity contribution is -0.142. The monoisotopic (exact) mass is 306 g/mol. The summed E-state index contributed by atoms with van der Waals surface area (Å²) >= 11 is 0. The van der Waals surface area contributed by atoms with Gasteiger partial charge in [0.1, 0.15) is 0 Å². The van der Waals surface area contributed by atoms with Crippen LogP contribution in [0.15, 0.2) is 18.5 Å². The summed E-state index contributed by atoms with van der Waals surface area (Å²) < 4.78 is 0. The Balaban J connectivity index is 2.03. The van der Waals surface area contributed by atoms with Crippen molar-refractivity contribution in [2.24, 2.45) is 11.7 Å². The van der Waals surface area contributed by atoms with Crippen LogP contribution in [0.2, 0.25) is 0 Å². The molecule has 0 spiro atoms. The van der Waals surface area contributed by atoms with Crippen LogP contribution in [0, 0.1) is 5.92 Å². The van der Waals surface area contributed by atoms with Crippen molar-refractivity contribution in [2.45, 2.75) is 32.7 Å². The molecule has 0 aromatic carbocycles. The second kappa shape index (κ2) is 7.17. The van der Waals surface area contributed by atoms with Gasteiger partial charge in [-0.05, 0) is 18.4 Å². The summed E-state index contributed by atoms with van der Waals surface area (Å²) in [6.45, 7) is 4.88. The van der Waals surface area contributed by atoms with E-state index in [1.54, 1.807) is 6.07 Å². The van der Waals surface area contributed by atoms with E-state index in [9.17, 15) is 9.59 Å². The molecule has 1 aliphatic rings. The minimum atomic E-state index is -0.605. The van der Waals surface area contributed by atoms with Gasteiger partial charge in [0.15, 0.2) is 0 Å². The maximum absolute atomic E-state index is 12.5. The summed E-state index contributed by atoms with van der Waals surface area (Å²) in [6, 6.07) is 0.631. The molecule has 2 rings (SSSR count). The molecular formula is C14H22N6O2. The van der Waals surface area contributed by atoms with Crippen molar-refractivity contribution in [3.8, 4) is 0 Å². The minimum absolute atomic E-state index is 0.0652. The molecule has 1 fully saturated rings. The Hall–Kier alpha value is -2.22. The zero-order chi connectivity index (χ0) is 16.1. The molecule has 0 bridgehead atoms. The van der Waals surface area contributed by atoms with Crippen molar-refractivity contribution < 1.29 is 9.59 Å². The highest BCUT2D eigenvalue weighted by Crippen LogP contribution is 2.16. The van der Waals surface area contributed by atoms with Gasteiger partial charge in [-0.15, -0.1) is 0 Å². The molecule has 0 radical (unpaired) electrons. The van der Waals surface area contributed by atoms with E-state index in [-0.39, 0.29) is 17.8 Å². The van der Waals surface area contributed by atoms with Gasteiger partial charge < -0.3 is 5.73 Å². The molecule has 1 saturated heterocycles. The number of nitrogens with one attached hydrogen (secondary N) is 1. The summed E-state index contributed by atoms with van der Waals surface area (Å²) in [5.74, 6) is 0.0458. The number of carbonyl (C=O) groups excluding carboxylic acids is 2. The molecule has 1 aliphatic heterocycles. The van der Waals surface area contributed by atoms with Gasteiger partial charge in [-0.1, -0.05) is 20.3 Å². The Bertz CT molecular complexity index is 523. The van der Waals surface area contributed by atoms with Gasteiger partial charge in [0, 0.05) is 25.5 Å². The van der Waals surface area contributed by atoms with Crippen molar-refractivity contribution in [1.82, 2.24) is 20.0 Å². The second-order valence-corrected chi connectivity index (χ2v) is 5.35. The van der Waals surface area contributed by atoms with Crippen LogP contribution >= 0.6 is 0 Å². The van der Waals surface area contributed by atoms with Crippen LogP contribution in [0.1, 0.15) is 26.7 Å². The first kappa shape index (κ1) is 16.2. The van der Waals surface area contributed by atoms with E-state index in [0.717, 1.165) is 12.8 Å². The highest BCUT2D eigenvalue weighted by atomic mass is 16.2. The van der Waals surface area contributed by atoms with Crippen LogP contribution in [-0.4, -0.2) is 51.1 Å². The first-order chi connectivity index (χ1) is 10.5. The SMILES string of the molecule is CCC(C)C(N)C(=O)N1CCCN1C(=O)Nc1ncccn1. The maximum Gasteiger partial charge on any atom is 0.343 e. The topological polar surface area (TPSA) is 104 Å². The zero-order valence-corrected chi connectivity index (χ0v) is 12.9. The van der Waals surface area contributed by atoms with Gasteiger partial charge in [-0.2, -0.15) is 0 Å². The van der Waals surface area contributed by atoms with E-state index < -0.39 is 12.1 Å². The number of aromatic nitrogens is 2. The average Bonchev–Trinajstić information content (AvgIpc) is 3.03. The first-order valence-electron chi connectivity index (χ1n) is 7.47. The molecule has 1 aromatic rings. The Morgan fingerprint density at radius 1 is 1.32 bits per heavy atom. The number of carbonyl (C=O) groups is 2. The molecule has 8 nitrogen and oxygen atoms in total. The fourth-order valence-corrected chi connectivity index (χ4v) is 2.25. The number of nitrogens with two attached hydrogens (primary N) is 1. The summed E-state index contributed by atoms with van der Waals surface area (Å²) in [7, 11) is 0. The van der Waals surface area contributed by atoms with Crippen LogP contribution in [0.4, 0.5) is 10.7 Å². The molecule has 2 unspecified atom stereocenters. The van der Waals surface area contributed by atoms with Gasteiger partial charge >= 0.3 is 6.03 Å². The Morgan fingerprint density at radius 3 is 2.59 bits per heavy atom. The predicted octanol–water partition coefficient (Wildman–Crippen LogP) is 0.831. The lowest BCUT2D eigenvalue weighted by atomic mass is 9.99. The Labute approximate surface area is 129 Å². The molecule has 0 saturated carbocycles. The molecular weight excluding hydrogens is 284 g/mol. The van der Waals surface area contributed by atoms with Crippen molar-refractivity contribution >= 4 is 17.9 Å². The number of hydrogen-bond acceptors (Lipinski definition) is 5. The lowest BCUT2D eigenvalue weighted by Crippen LogP contribution is -2.53. The molecule has 3 N–H and O–H groups in total. The van der Waals surface area contributed by atoms with Gasteiger partial charge in [-0.25, -0.2) is 24.8 Å². The quantitative estimate of drug-likeness (QED) is 0.857. The lowest BCUT2D eigenvalue weighted by Gasteiger charge is -2.31. The average molecular weight is 306 g/mol. The number of hydrazine groups is 1. The molecule has 22 heavy (non-hydrogen) atoms. The highest BCUT2D eigenvalue weighted by Gasteiger charge is 2.35. The van der Waals surface area contributed by atoms with Crippen LogP contribution in [0.25, 0.3) is 0 Å². The van der Waals surface area contributed by atoms with Crippen molar-refractivity contribution in [3.63, 3.8) is 0 Å². The third kappa shape index (κ3) is 3.51. The second-order valence-electron chi connectivity index (χ2n) is 5.35. The summed E-state index contributed by atoms with van der Waals surface area (Å²) in [5, 5.41) is 5.38. The fraction of sp³-hybridized carbons (Fsp3) is 0.571.